The molecule has 5 aliphatic carbocycles. The van der Waals surface area contributed by atoms with Crippen LogP contribution in [0.25, 0.3) is 0 Å². The SMILES string of the molecule is C[C@@H]1CCC23COC4(C=CC5[C@@]6(C)CC[C@H](O[C@@H]7O[C@H](CO)[C@@H](O)[C@H](O)[C@H]7O[C@@H]7O[C@H](CO)[C@@H](O)[C@H](O)[C@H]7O[C@@H]7OC[C@@H](O)[C@H](O)[C@H]7O)C(C)(C)C6CC[C@@]5(C)[C@]4(C)C[C@H]2O)C3[C@H]1C. The van der Waals surface area contributed by atoms with Crippen molar-refractivity contribution in [2.45, 2.75) is 197 Å². The highest BCUT2D eigenvalue weighted by molar-refractivity contribution is 5.36. The predicted molar refractivity (Wildman–Crippen MR) is 223 cm³/mol. The van der Waals surface area contributed by atoms with Crippen LogP contribution in [-0.4, -0.2) is 181 Å². The molecule has 0 amide bonds. The average Bonchev–Trinajstić information content (AvgIpc) is 3.56. The third-order valence-corrected chi connectivity index (χ3v) is 19.9. The van der Waals surface area contributed by atoms with Crippen LogP contribution >= 0.6 is 0 Å². The van der Waals surface area contributed by atoms with Crippen molar-refractivity contribution in [3.63, 3.8) is 0 Å². The van der Waals surface area contributed by atoms with Gasteiger partial charge in [-0.2, -0.15) is 0 Å². The van der Waals surface area contributed by atoms with Gasteiger partial charge in [0, 0.05) is 16.7 Å². The summed E-state index contributed by atoms with van der Waals surface area (Å²) in [5.41, 5.74) is -1.86. The summed E-state index contributed by atoms with van der Waals surface area (Å²) in [6, 6.07) is 0. The van der Waals surface area contributed by atoms with Crippen LogP contribution in [-0.2, 0) is 33.2 Å². The topological polar surface area (TPSA) is 267 Å². The number of hydrogen-bond acceptors (Lipinski definition) is 17. The Balaban J connectivity index is 0.986. The second-order valence-corrected chi connectivity index (χ2v) is 22.9. The van der Waals surface area contributed by atoms with E-state index in [1.807, 2.05) is 0 Å². The normalized spacial score (nSPS) is 59.0. The molecule has 5 unspecified atom stereocenters. The molecular weight excluding hydrogens is 836 g/mol. The lowest BCUT2D eigenvalue weighted by Crippen LogP contribution is -2.73. The number of ether oxygens (including phenoxy) is 7. The van der Waals surface area contributed by atoms with Crippen molar-refractivity contribution in [2.24, 2.45) is 56.7 Å². The van der Waals surface area contributed by atoms with Crippen LogP contribution in [0, 0.1) is 56.7 Å². The Morgan fingerprint density at radius 1 is 0.672 bits per heavy atom. The first-order chi connectivity index (χ1) is 30.1. The molecule has 4 heterocycles. The van der Waals surface area contributed by atoms with Crippen LogP contribution in [0.2, 0.25) is 0 Å². The maximum atomic E-state index is 12.3. The number of rotatable bonds is 8. The van der Waals surface area contributed by atoms with Crippen molar-refractivity contribution in [3.05, 3.63) is 12.2 Å². The zero-order chi connectivity index (χ0) is 46.3. The van der Waals surface area contributed by atoms with Crippen LogP contribution < -0.4 is 0 Å². The molecule has 8 fully saturated rings. The van der Waals surface area contributed by atoms with Gasteiger partial charge in [-0.05, 0) is 84.9 Å². The van der Waals surface area contributed by atoms with E-state index in [0.717, 1.165) is 32.1 Å². The van der Waals surface area contributed by atoms with Crippen molar-refractivity contribution in [3.8, 4) is 0 Å². The van der Waals surface area contributed by atoms with Crippen LogP contribution in [0.4, 0.5) is 0 Å². The third kappa shape index (κ3) is 6.65. The average molecular weight is 913 g/mol. The molecule has 4 aliphatic heterocycles. The number of allylic oxidation sites excluding steroid dienone is 1. The van der Waals surface area contributed by atoms with Crippen LogP contribution in [0.1, 0.15) is 93.4 Å². The summed E-state index contributed by atoms with van der Waals surface area (Å²) >= 11 is 0. The number of aliphatic hydroxyl groups is 10. The summed E-state index contributed by atoms with van der Waals surface area (Å²) in [5.74, 6) is 1.51. The molecule has 0 radical (unpaired) electrons. The first kappa shape index (κ1) is 48.1. The zero-order valence-electron chi connectivity index (χ0n) is 38.4. The molecule has 2 bridgehead atoms. The van der Waals surface area contributed by atoms with Crippen molar-refractivity contribution in [1.82, 2.24) is 0 Å². The van der Waals surface area contributed by atoms with Gasteiger partial charge in [0.2, 0.25) is 0 Å². The summed E-state index contributed by atoms with van der Waals surface area (Å²) in [4.78, 5) is 0. The van der Waals surface area contributed by atoms with Crippen molar-refractivity contribution < 1.29 is 84.2 Å². The Labute approximate surface area is 376 Å². The second kappa shape index (κ2) is 16.6. The largest absolute Gasteiger partial charge is 0.394 e. The Bertz CT molecular complexity index is 1740. The minimum Gasteiger partial charge on any atom is -0.394 e. The molecule has 17 nitrogen and oxygen atoms in total. The fourth-order valence-electron chi connectivity index (χ4n) is 15.8. The molecule has 1 spiro atoms. The Hall–Kier alpha value is -0.940. The first-order valence-electron chi connectivity index (χ1n) is 24.0. The summed E-state index contributed by atoms with van der Waals surface area (Å²) in [7, 11) is 0. The van der Waals surface area contributed by atoms with E-state index in [9.17, 15) is 51.1 Å². The molecule has 17 heteroatoms. The van der Waals surface area contributed by atoms with Crippen molar-refractivity contribution in [2.75, 3.05) is 26.4 Å². The maximum absolute atomic E-state index is 12.3. The lowest BCUT2D eigenvalue weighted by Gasteiger charge is -2.73. The number of aliphatic hydroxyl groups excluding tert-OH is 10. The van der Waals surface area contributed by atoms with E-state index in [2.05, 4.69) is 60.6 Å². The summed E-state index contributed by atoms with van der Waals surface area (Å²) in [6.07, 6.45) is -12.5. The maximum Gasteiger partial charge on any atom is 0.187 e. The molecule has 4 saturated carbocycles. The Morgan fingerprint density at radius 3 is 1.91 bits per heavy atom. The molecule has 26 atom stereocenters. The highest BCUT2D eigenvalue weighted by atomic mass is 16.8. The lowest BCUT2D eigenvalue weighted by molar-refractivity contribution is -0.395. The van der Waals surface area contributed by atoms with Crippen molar-refractivity contribution >= 4 is 0 Å². The van der Waals surface area contributed by atoms with E-state index in [1.165, 1.54) is 0 Å². The highest BCUT2D eigenvalue weighted by Gasteiger charge is 2.79. The van der Waals surface area contributed by atoms with Gasteiger partial charge in [-0.1, -0.05) is 60.6 Å². The molecule has 9 rings (SSSR count). The van der Waals surface area contributed by atoms with Gasteiger partial charge < -0.3 is 84.2 Å². The first-order valence-corrected chi connectivity index (χ1v) is 24.0. The van der Waals surface area contributed by atoms with E-state index in [1.54, 1.807) is 0 Å². The van der Waals surface area contributed by atoms with Gasteiger partial charge in [0.15, 0.2) is 18.9 Å². The minimum absolute atomic E-state index is 0.147. The molecule has 366 valence electrons. The number of hydrogen-bond donors (Lipinski definition) is 10. The van der Waals surface area contributed by atoms with Gasteiger partial charge in [0.25, 0.3) is 0 Å². The van der Waals surface area contributed by atoms with E-state index < -0.39 is 129 Å². The molecule has 0 aromatic rings. The monoisotopic (exact) mass is 913 g/mol. The third-order valence-electron chi connectivity index (χ3n) is 19.9. The molecular formula is C47H76O17. The van der Waals surface area contributed by atoms with Gasteiger partial charge in [-0.25, -0.2) is 0 Å². The molecule has 0 aromatic heterocycles. The summed E-state index contributed by atoms with van der Waals surface area (Å²) in [5, 5.41) is 108. The van der Waals surface area contributed by atoms with E-state index in [0.29, 0.717) is 31.3 Å². The quantitative estimate of drug-likeness (QED) is 0.114. The fourth-order valence-corrected chi connectivity index (χ4v) is 15.8. The van der Waals surface area contributed by atoms with Gasteiger partial charge in [-0.15, -0.1) is 0 Å². The standard InChI is InChI=1S/C47H76O17/c1-21-8-14-46-20-59-47(38(46)22(21)2)15-10-27-43(5)12-11-29(42(3,4)26(43)9-13-44(27,6)45(47,7)16-28(46)51)62-40-36(33(55)31(53)24(17-48)60-40)64-41-37(34(56)32(54)25(18-49)61-41)63-39-35(57)30(52)23(50)19-58-39/h10,15,21-41,48-57H,8-9,11-14,16-20H2,1-7H3/t21-,22+,23-,24-,25-,26?,27?,28-,29+,30+,31-,32-,33+,34+,35-,36-,37-,38?,39+,40+,41+,43+,44-,45+,46?,47?/m1/s1. The van der Waals surface area contributed by atoms with Crippen molar-refractivity contribution in [1.29, 1.82) is 0 Å². The molecule has 4 saturated heterocycles. The van der Waals surface area contributed by atoms with E-state index in [-0.39, 0.29) is 39.4 Å². The summed E-state index contributed by atoms with van der Waals surface area (Å²) < 4.78 is 43.7. The smallest absolute Gasteiger partial charge is 0.187 e. The Kier molecular flexibility index (Phi) is 12.5. The minimum atomic E-state index is -1.82. The van der Waals surface area contributed by atoms with Crippen LogP contribution in [0.15, 0.2) is 12.2 Å². The second-order valence-electron chi connectivity index (χ2n) is 22.9. The number of fused-ring (bicyclic) bond motifs is 4. The predicted octanol–water partition coefficient (Wildman–Crippen LogP) is 0.0961. The molecule has 10 N–H and O–H groups in total. The lowest BCUT2D eigenvalue weighted by atomic mass is 9.31. The zero-order valence-corrected chi connectivity index (χ0v) is 38.4. The van der Waals surface area contributed by atoms with Gasteiger partial charge in [0.1, 0.15) is 67.1 Å². The van der Waals surface area contributed by atoms with Gasteiger partial charge in [0.05, 0.1) is 44.2 Å². The van der Waals surface area contributed by atoms with Gasteiger partial charge >= 0.3 is 0 Å². The van der Waals surface area contributed by atoms with Gasteiger partial charge in [-0.3, -0.25) is 0 Å². The molecule has 9 aliphatic rings. The Morgan fingerprint density at radius 2 is 1.28 bits per heavy atom. The molecule has 0 aromatic carbocycles. The van der Waals surface area contributed by atoms with E-state index >= 15 is 0 Å². The highest BCUT2D eigenvalue weighted by Crippen LogP contribution is 2.79. The van der Waals surface area contributed by atoms with Crippen LogP contribution in [0.3, 0.4) is 0 Å². The summed E-state index contributed by atoms with van der Waals surface area (Å²) in [6.45, 7) is 15.1. The fraction of sp³-hybridized carbons (Fsp3) is 0.957. The van der Waals surface area contributed by atoms with E-state index in [4.69, 9.17) is 33.2 Å². The molecule has 64 heavy (non-hydrogen) atoms. The van der Waals surface area contributed by atoms with Crippen LogP contribution in [0.5, 0.6) is 0 Å².